The number of rotatable bonds is 6. The van der Waals surface area contributed by atoms with Gasteiger partial charge in [0, 0.05) is 17.8 Å². The second kappa shape index (κ2) is 5.90. The van der Waals surface area contributed by atoms with Gasteiger partial charge in [0.05, 0.1) is 0 Å². The summed E-state index contributed by atoms with van der Waals surface area (Å²) < 4.78 is 0. The second-order valence-corrected chi connectivity index (χ2v) is 4.93. The number of hydrogen-bond donors (Lipinski definition) is 2. The fourth-order valence-electron chi connectivity index (χ4n) is 1.78. The third-order valence-corrected chi connectivity index (χ3v) is 2.71. The fraction of sp³-hybridized carbons (Fsp3) is 0.571. The van der Waals surface area contributed by atoms with Crippen LogP contribution in [0.4, 0.5) is 5.69 Å². The summed E-state index contributed by atoms with van der Waals surface area (Å²) in [6.07, 6.45) is 3.08. The van der Waals surface area contributed by atoms with Crippen LogP contribution in [0.1, 0.15) is 39.2 Å². The first-order chi connectivity index (χ1) is 7.57. The van der Waals surface area contributed by atoms with E-state index in [1.54, 1.807) is 0 Å². The average molecular weight is 221 g/mol. The molecule has 2 heteroatoms. The van der Waals surface area contributed by atoms with Crippen LogP contribution in [-0.2, 0) is 6.42 Å². The van der Waals surface area contributed by atoms with E-state index in [0.29, 0.717) is 0 Å². The van der Waals surface area contributed by atoms with Gasteiger partial charge in [-0.2, -0.15) is 0 Å². The van der Waals surface area contributed by atoms with Gasteiger partial charge in [0.25, 0.3) is 0 Å². The van der Waals surface area contributed by atoms with Crippen LogP contribution in [0, 0.1) is 0 Å². The lowest BCUT2D eigenvalue weighted by molar-refractivity contribution is 0.261. The molecule has 0 saturated carbocycles. The number of hydrogen-bond acceptors (Lipinski definition) is 2. The summed E-state index contributed by atoms with van der Waals surface area (Å²) in [4.78, 5) is 0. The molecule has 1 aromatic carbocycles. The topological polar surface area (TPSA) is 32.3 Å². The monoisotopic (exact) mass is 221 g/mol. The minimum atomic E-state index is -0.0545. The zero-order chi connectivity index (χ0) is 12.0. The lowest BCUT2D eigenvalue weighted by Crippen LogP contribution is -2.31. The predicted octanol–water partition coefficient (Wildman–Crippen LogP) is 3.21. The molecule has 0 saturated heterocycles. The van der Waals surface area contributed by atoms with E-state index in [9.17, 15) is 0 Å². The molecule has 0 fully saturated rings. The summed E-state index contributed by atoms with van der Waals surface area (Å²) in [5.74, 6) is 0. The lowest BCUT2D eigenvalue weighted by atomic mass is 10.0. The molecular weight excluding hydrogens is 198 g/mol. The molecule has 0 radical (unpaired) electrons. The van der Waals surface area contributed by atoms with Gasteiger partial charge in [-0.15, -0.1) is 0 Å². The Bertz CT molecular complexity index is 303. The van der Waals surface area contributed by atoms with E-state index in [4.69, 9.17) is 5.11 Å². The number of aliphatic hydroxyl groups is 1. The first-order valence-corrected chi connectivity index (χ1v) is 6.05. The molecule has 0 unspecified atom stereocenters. The van der Waals surface area contributed by atoms with E-state index in [1.807, 2.05) is 0 Å². The zero-order valence-corrected chi connectivity index (χ0v) is 10.6. The third-order valence-electron chi connectivity index (χ3n) is 2.71. The fourth-order valence-corrected chi connectivity index (χ4v) is 1.78. The van der Waals surface area contributed by atoms with Gasteiger partial charge in [0.15, 0.2) is 0 Å². The Hall–Kier alpha value is -1.02. The van der Waals surface area contributed by atoms with Crippen molar-refractivity contribution >= 4 is 5.69 Å². The van der Waals surface area contributed by atoms with E-state index in [2.05, 4.69) is 50.4 Å². The summed E-state index contributed by atoms with van der Waals surface area (Å²) >= 11 is 0. The van der Waals surface area contributed by atoms with Gasteiger partial charge in [-0.05, 0) is 44.4 Å². The van der Waals surface area contributed by atoms with E-state index < -0.39 is 0 Å². The molecule has 0 bridgehead atoms. The van der Waals surface area contributed by atoms with E-state index in [0.717, 1.165) is 18.5 Å². The molecule has 0 heterocycles. The molecule has 0 aliphatic carbocycles. The highest BCUT2D eigenvalue weighted by Crippen LogP contribution is 2.18. The van der Waals surface area contributed by atoms with Crippen LogP contribution in [0.25, 0.3) is 0 Å². The number of nitrogens with one attached hydrogen (secondary N) is 1. The number of aliphatic hydroxyl groups excluding tert-OH is 1. The minimum absolute atomic E-state index is 0.0545. The predicted molar refractivity (Wildman–Crippen MR) is 69.8 cm³/mol. The van der Waals surface area contributed by atoms with Gasteiger partial charge in [-0.1, -0.05) is 25.5 Å². The first kappa shape index (κ1) is 13.0. The normalized spacial score (nSPS) is 11.5. The second-order valence-electron chi connectivity index (χ2n) is 4.93. The largest absolute Gasteiger partial charge is 0.396 e. The van der Waals surface area contributed by atoms with Crippen LogP contribution in [0.15, 0.2) is 24.3 Å². The summed E-state index contributed by atoms with van der Waals surface area (Å²) in [6.45, 7) is 6.61. The molecule has 0 aliphatic heterocycles. The number of benzene rings is 1. The van der Waals surface area contributed by atoms with Crippen molar-refractivity contribution in [2.75, 3.05) is 11.9 Å². The molecule has 16 heavy (non-hydrogen) atoms. The van der Waals surface area contributed by atoms with Crippen molar-refractivity contribution in [3.05, 3.63) is 29.8 Å². The number of anilines is 1. The zero-order valence-electron chi connectivity index (χ0n) is 10.6. The Balaban J connectivity index is 2.61. The molecule has 1 rings (SSSR count). The van der Waals surface area contributed by atoms with Crippen LogP contribution in [-0.4, -0.2) is 17.3 Å². The van der Waals surface area contributed by atoms with E-state index in [1.165, 1.54) is 12.0 Å². The van der Waals surface area contributed by atoms with Crippen LogP contribution >= 0.6 is 0 Å². The van der Waals surface area contributed by atoms with Crippen LogP contribution < -0.4 is 5.32 Å². The van der Waals surface area contributed by atoms with Crippen molar-refractivity contribution in [1.82, 2.24) is 0 Å². The van der Waals surface area contributed by atoms with Crippen molar-refractivity contribution in [2.24, 2.45) is 0 Å². The molecule has 0 aliphatic rings. The quantitative estimate of drug-likeness (QED) is 0.773. The average Bonchev–Trinajstić information content (AvgIpc) is 2.21. The Morgan fingerprint density at radius 2 is 1.81 bits per heavy atom. The highest BCUT2D eigenvalue weighted by molar-refractivity contribution is 5.46. The molecule has 0 atom stereocenters. The molecule has 90 valence electrons. The van der Waals surface area contributed by atoms with Crippen molar-refractivity contribution in [2.45, 2.75) is 45.6 Å². The van der Waals surface area contributed by atoms with Crippen LogP contribution in [0.2, 0.25) is 0 Å². The first-order valence-electron chi connectivity index (χ1n) is 6.05. The van der Waals surface area contributed by atoms with Crippen LogP contribution in [0.3, 0.4) is 0 Å². The Morgan fingerprint density at radius 1 is 1.19 bits per heavy atom. The maximum absolute atomic E-state index is 8.95. The van der Waals surface area contributed by atoms with Crippen molar-refractivity contribution < 1.29 is 5.11 Å². The summed E-state index contributed by atoms with van der Waals surface area (Å²) in [6, 6.07) is 8.57. The number of aryl methyl sites for hydroxylation is 1. The molecule has 2 nitrogen and oxygen atoms in total. The van der Waals surface area contributed by atoms with Gasteiger partial charge in [-0.3, -0.25) is 0 Å². The molecule has 2 N–H and O–H groups in total. The smallest absolute Gasteiger partial charge is 0.0453 e. The summed E-state index contributed by atoms with van der Waals surface area (Å²) in [7, 11) is 0. The molecule has 0 aromatic heterocycles. The lowest BCUT2D eigenvalue weighted by Gasteiger charge is -2.26. The van der Waals surface area contributed by atoms with Gasteiger partial charge in [0.2, 0.25) is 0 Å². The highest BCUT2D eigenvalue weighted by atomic mass is 16.3. The van der Waals surface area contributed by atoms with Crippen molar-refractivity contribution in [3.63, 3.8) is 0 Å². The summed E-state index contributed by atoms with van der Waals surface area (Å²) in [5, 5.41) is 12.4. The summed E-state index contributed by atoms with van der Waals surface area (Å²) in [5.41, 5.74) is 2.45. The molecule has 0 spiro atoms. The Kier molecular flexibility index (Phi) is 4.81. The molecule has 1 aromatic rings. The maximum atomic E-state index is 8.95. The molecule has 0 amide bonds. The van der Waals surface area contributed by atoms with Gasteiger partial charge < -0.3 is 10.4 Å². The molecular formula is C14H23NO. The SMILES string of the molecule is CCCc1ccc(NC(C)(C)CCO)cc1. The standard InChI is InChI=1S/C14H23NO/c1-4-5-12-6-8-13(9-7-12)15-14(2,3)10-11-16/h6-9,15-16H,4-5,10-11H2,1-3H3. The minimum Gasteiger partial charge on any atom is -0.396 e. The van der Waals surface area contributed by atoms with E-state index >= 15 is 0 Å². The van der Waals surface area contributed by atoms with Gasteiger partial charge in [-0.25, -0.2) is 0 Å². The van der Waals surface area contributed by atoms with Crippen LogP contribution in [0.5, 0.6) is 0 Å². The Labute approximate surface area is 98.7 Å². The Morgan fingerprint density at radius 3 is 2.31 bits per heavy atom. The highest BCUT2D eigenvalue weighted by Gasteiger charge is 2.15. The van der Waals surface area contributed by atoms with E-state index in [-0.39, 0.29) is 12.1 Å². The van der Waals surface area contributed by atoms with Gasteiger partial charge in [0.1, 0.15) is 0 Å². The third kappa shape index (κ3) is 4.23. The van der Waals surface area contributed by atoms with Crippen molar-refractivity contribution in [3.8, 4) is 0 Å². The van der Waals surface area contributed by atoms with Crippen molar-refractivity contribution in [1.29, 1.82) is 0 Å². The van der Waals surface area contributed by atoms with Gasteiger partial charge >= 0.3 is 0 Å². The maximum Gasteiger partial charge on any atom is 0.0453 e.